The lowest BCUT2D eigenvalue weighted by Crippen LogP contribution is -2.18. The van der Waals surface area contributed by atoms with Crippen LogP contribution in [0.2, 0.25) is 0 Å². The Labute approximate surface area is 161 Å². The van der Waals surface area contributed by atoms with Gasteiger partial charge in [-0.1, -0.05) is 12.1 Å². The number of benzene rings is 2. The Kier molecular flexibility index (Phi) is 5.59. The molecule has 1 aromatic heterocycles. The van der Waals surface area contributed by atoms with Gasteiger partial charge in [0.2, 0.25) is 0 Å². The third-order valence-corrected chi connectivity index (χ3v) is 4.11. The number of amides is 1. The van der Waals surface area contributed by atoms with Crippen molar-refractivity contribution < 1.29 is 9.72 Å². The fourth-order valence-electron chi connectivity index (χ4n) is 2.73. The first-order valence-electron chi connectivity index (χ1n) is 8.60. The zero-order chi connectivity index (χ0) is 20.1. The van der Waals surface area contributed by atoms with E-state index in [4.69, 9.17) is 0 Å². The number of hydrazone groups is 1. The molecule has 2 aromatic carbocycles. The van der Waals surface area contributed by atoms with Gasteiger partial charge in [0.1, 0.15) is 0 Å². The Morgan fingerprint density at radius 3 is 2.61 bits per heavy atom. The maximum absolute atomic E-state index is 12.3. The van der Waals surface area contributed by atoms with Crippen molar-refractivity contribution in [1.82, 2.24) is 15.2 Å². The molecule has 1 N–H and O–H groups in total. The minimum absolute atomic E-state index is 0.000568. The number of aryl methyl sites for hydroxylation is 2. The zero-order valence-corrected chi connectivity index (χ0v) is 15.5. The molecule has 8 nitrogen and oxygen atoms in total. The minimum atomic E-state index is -0.470. The molecular formula is C20H19N5O3. The number of nitro groups is 1. The van der Waals surface area contributed by atoms with Gasteiger partial charge in [0, 0.05) is 23.4 Å². The molecule has 0 unspecified atom stereocenters. The Morgan fingerprint density at radius 2 is 1.96 bits per heavy atom. The number of nitro benzene ring substituents is 1. The number of carbonyl (C=O) groups excluding carboxylic acids is 1. The topological polar surface area (TPSA) is 102 Å². The molecule has 142 valence electrons. The molecule has 3 aromatic rings. The number of hydrogen-bond donors (Lipinski definition) is 1. The third-order valence-electron chi connectivity index (χ3n) is 4.11. The molecule has 0 fully saturated rings. The van der Waals surface area contributed by atoms with E-state index in [1.807, 2.05) is 36.7 Å². The summed E-state index contributed by atoms with van der Waals surface area (Å²) in [5, 5.41) is 19.0. The predicted octanol–water partition coefficient (Wildman–Crippen LogP) is 3.22. The van der Waals surface area contributed by atoms with Crippen LogP contribution in [-0.4, -0.2) is 26.8 Å². The molecule has 1 heterocycles. The summed E-state index contributed by atoms with van der Waals surface area (Å²) in [6.45, 7) is 4.51. The Balaban J connectivity index is 1.64. The van der Waals surface area contributed by atoms with Gasteiger partial charge in [-0.3, -0.25) is 19.6 Å². The highest BCUT2D eigenvalue weighted by atomic mass is 16.6. The molecule has 3 rings (SSSR count). The number of non-ortho nitro benzene ring substituents is 1. The van der Waals surface area contributed by atoms with Crippen LogP contribution < -0.4 is 5.43 Å². The second-order valence-electron chi connectivity index (χ2n) is 6.33. The minimum Gasteiger partial charge on any atom is -0.267 e. The lowest BCUT2D eigenvalue weighted by Gasteiger charge is -2.06. The molecule has 8 heteroatoms. The van der Waals surface area contributed by atoms with Gasteiger partial charge >= 0.3 is 0 Å². The van der Waals surface area contributed by atoms with Gasteiger partial charge in [-0.15, -0.1) is 0 Å². The van der Waals surface area contributed by atoms with E-state index >= 15 is 0 Å². The first-order chi connectivity index (χ1) is 13.4. The number of rotatable bonds is 6. The molecule has 1 amide bonds. The summed E-state index contributed by atoms with van der Waals surface area (Å²) in [4.78, 5) is 22.5. The standard InChI is InChI=1S/C20H19N5O3/c1-14-10-15(2)24(23-14)13-17-4-3-5-18(11-17)20(26)22-21-12-16-6-8-19(9-7-16)25(27)28/h3-12H,13H2,1-2H3,(H,22,26)/b21-12+. The lowest BCUT2D eigenvalue weighted by atomic mass is 10.1. The van der Waals surface area contributed by atoms with Crippen molar-refractivity contribution in [2.24, 2.45) is 5.10 Å². The number of aromatic nitrogens is 2. The summed E-state index contributed by atoms with van der Waals surface area (Å²) in [6, 6.07) is 15.1. The van der Waals surface area contributed by atoms with Crippen LogP contribution in [0.15, 0.2) is 59.7 Å². The van der Waals surface area contributed by atoms with E-state index in [1.165, 1.54) is 18.3 Å². The van der Waals surface area contributed by atoms with Crippen LogP contribution >= 0.6 is 0 Å². The molecule has 0 saturated heterocycles. The quantitative estimate of drug-likeness (QED) is 0.405. The highest BCUT2D eigenvalue weighted by Crippen LogP contribution is 2.11. The van der Waals surface area contributed by atoms with Crippen molar-refractivity contribution in [3.8, 4) is 0 Å². The van der Waals surface area contributed by atoms with Crippen molar-refractivity contribution in [2.75, 3.05) is 0 Å². The second-order valence-corrected chi connectivity index (χ2v) is 6.33. The molecular weight excluding hydrogens is 358 g/mol. The van der Waals surface area contributed by atoms with Gasteiger partial charge < -0.3 is 0 Å². The van der Waals surface area contributed by atoms with Crippen LogP contribution in [-0.2, 0) is 6.54 Å². The number of nitrogens with zero attached hydrogens (tertiary/aromatic N) is 4. The van der Waals surface area contributed by atoms with Crippen molar-refractivity contribution in [2.45, 2.75) is 20.4 Å². The monoisotopic (exact) mass is 377 g/mol. The molecule has 0 aliphatic rings. The summed E-state index contributed by atoms with van der Waals surface area (Å²) >= 11 is 0. The van der Waals surface area contributed by atoms with E-state index in [-0.39, 0.29) is 11.6 Å². The average molecular weight is 377 g/mol. The molecule has 0 saturated carbocycles. The fraction of sp³-hybridized carbons (Fsp3) is 0.150. The predicted molar refractivity (Wildman–Crippen MR) is 105 cm³/mol. The number of hydrogen-bond acceptors (Lipinski definition) is 5. The van der Waals surface area contributed by atoms with Gasteiger partial charge in [-0.2, -0.15) is 10.2 Å². The largest absolute Gasteiger partial charge is 0.271 e. The van der Waals surface area contributed by atoms with Gasteiger partial charge in [-0.25, -0.2) is 5.43 Å². The molecule has 0 bridgehead atoms. The van der Waals surface area contributed by atoms with Crippen molar-refractivity contribution in [3.05, 3.63) is 92.8 Å². The SMILES string of the molecule is Cc1cc(C)n(Cc2cccc(C(=O)N/N=C/c3ccc([N+](=O)[O-])cc3)c2)n1. The smallest absolute Gasteiger partial charge is 0.267 e. The van der Waals surface area contributed by atoms with Crippen LogP contribution in [0.5, 0.6) is 0 Å². The highest BCUT2D eigenvalue weighted by Gasteiger charge is 2.07. The van der Waals surface area contributed by atoms with E-state index in [0.717, 1.165) is 17.0 Å². The Bertz CT molecular complexity index is 1040. The molecule has 0 aliphatic heterocycles. The van der Waals surface area contributed by atoms with E-state index in [0.29, 0.717) is 17.7 Å². The summed E-state index contributed by atoms with van der Waals surface area (Å²) in [6.07, 6.45) is 1.43. The molecule has 0 spiro atoms. The second kappa shape index (κ2) is 8.26. The lowest BCUT2D eigenvalue weighted by molar-refractivity contribution is -0.384. The molecule has 0 atom stereocenters. The Morgan fingerprint density at radius 1 is 1.21 bits per heavy atom. The first-order valence-corrected chi connectivity index (χ1v) is 8.60. The molecule has 0 radical (unpaired) electrons. The van der Waals surface area contributed by atoms with Crippen LogP contribution in [0.3, 0.4) is 0 Å². The fourth-order valence-corrected chi connectivity index (χ4v) is 2.73. The first kappa shape index (κ1) is 19.0. The van der Waals surface area contributed by atoms with Crippen molar-refractivity contribution >= 4 is 17.8 Å². The highest BCUT2D eigenvalue weighted by molar-refractivity contribution is 5.95. The van der Waals surface area contributed by atoms with E-state index in [2.05, 4.69) is 15.6 Å². The number of carbonyl (C=O) groups is 1. The zero-order valence-electron chi connectivity index (χ0n) is 15.5. The van der Waals surface area contributed by atoms with Gasteiger partial charge in [-0.05, 0) is 55.3 Å². The maximum Gasteiger partial charge on any atom is 0.271 e. The summed E-state index contributed by atoms with van der Waals surface area (Å²) in [5.74, 6) is -0.339. The van der Waals surface area contributed by atoms with Crippen LogP contribution in [0.1, 0.15) is 32.9 Å². The van der Waals surface area contributed by atoms with Crippen molar-refractivity contribution in [3.63, 3.8) is 0 Å². The van der Waals surface area contributed by atoms with E-state index in [9.17, 15) is 14.9 Å². The van der Waals surface area contributed by atoms with Gasteiger partial charge in [0.05, 0.1) is 23.4 Å². The van der Waals surface area contributed by atoms with E-state index in [1.54, 1.807) is 24.3 Å². The van der Waals surface area contributed by atoms with Crippen molar-refractivity contribution in [1.29, 1.82) is 0 Å². The Hall–Kier alpha value is -3.81. The average Bonchev–Trinajstić information content (AvgIpc) is 2.99. The molecule has 28 heavy (non-hydrogen) atoms. The van der Waals surface area contributed by atoms with Gasteiger partial charge in [0.15, 0.2) is 0 Å². The van der Waals surface area contributed by atoms with Crippen LogP contribution in [0, 0.1) is 24.0 Å². The van der Waals surface area contributed by atoms with Gasteiger partial charge in [0.25, 0.3) is 11.6 Å². The number of nitrogens with one attached hydrogen (secondary N) is 1. The summed E-state index contributed by atoms with van der Waals surface area (Å²) < 4.78 is 1.89. The normalized spacial score (nSPS) is 10.9. The molecule has 0 aliphatic carbocycles. The third kappa shape index (κ3) is 4.67. The summed E-state index contributed by atoms with van der Waals surface area (Å²) in [7, 11) is 0. The summed E-state index contributed by atoms with van der Waals surface area (Å²) in [5.41, 5.74) is 6.56. The maximum atomic E-state index is 12.3. The van der Waals surface area contributed by atoms with Crippen LogP contribution in [0.4, 0.5) is 5.69 Å². The van der Waals surface area contributed by atoms with E-state index < -0.39 is 4.92 Å². The van der Waals surface area contributed by atoms with Crippen LogP contribution in [0.25, 0.3) is 0 Å².